The van der Waals surface area contributed by atoms with Crippen LogP contribution in [0.5, 0.6) is 0 Å². The summed E-state index contributed by atoms with van der Waals surface area (Å²) in [5.41, 5.74) is 4.49. The molecular formula is C18H25N5. The molecule has 2 N–H and O–H groups in total. The maximum absolute atomic E-state index is 8.46. The van der Waals surface area contributed by atoms with Crippen LogP contribution >= 0.6 is 0 Å². The predicted molar refractivity (Wildman–Crippen MR) is 96.1 cm³/mol. The zero-order valence-corrected chi connectivity index (χ0v) is 14.0. The van der Waals surface area contributed by atoms with Crippen molar-refractivity contribution in [2.75, 3.05) is 19.6 Å². The second-order valence-electron chi connectivity index (χ2n) is 5.77. The minimum Gasteiger partial charge on any atom is -0.384 e. The molecule has 0 amide bonds. The maximum Gasteiger partial charge on any atom is 0.0648 e. The first-order valence-corrected chi connectivity index (χ1v) is 7.93. The van der Waals surface area contributed by atoms with E-state index >= 15 is 0 Å². The fourth-order valence-electron chi connectivity index (χ4n) is 2.68. The van der Waals surface area contributed by atoms with Gasteiger partial charge in [-0.3, -0.25) is 9.98 Å². The number of pyridine rings is 1. The van der Waals surface area contributed by atoms with Crippen LogP contribution in [-0.4, -0.2) is 41.9 Å². The van der Waals surface area contributed by atoms with Crippen molar-refractivity contribution in [1.82, 2.24) is 15.2 Å². The molecule has 5 heteroatoms. The molecule has 0 atom stereocenters. The largest absolute Gasteiger partial charge is 0.384 e. The molecule has 1 aliphatic heterocycles. The Bertz CT molecular complexity index is 624. The summed E-state index contributed by atoms with van der Waals surface area (Å²) in [6.07, 6.45) is 9.61. The van der Waals surface area contributed by atoms with Crippen LogP contribution in [0, 0.1) is 19.3 Å². The highest BCUT2D eigenvalue weighted by Gasteiger charge is 2.15. The Morgan fingerprint density at radius 1 is 1.43 bits per heavy atom. The van der Waals surface area contributed by atoms with E-state index in [1.54, 1.807) is 12.4 Å². The second kappa shape index (κ2) is 8.27. The summed E-state index contributed by atoms with van der Waals surface area (Å²) in [5, 5.41) is 11.7. The number of rotatable bonds is 7. The van der Waals surface area contributed by atoms with Crippen molar-refractivity contribution in [3.8, 4) is 0 Å². The quantitative estimate of drug-likeness (QED) is 0.761. The van der Waals surface area contributed by atoms with Crippen molar-refractivity contribution in [1.29, 1.82) is 5.41 Å². The van der Waals surface area contributed by atoms with Crippen LogP contribution in [0.15, 0.2) is 41.4 Å². The molecule has 1 aromatic rings. The third-order valence-corrected chi connectivity index (χ3v) is 3.92. The molecule has 2 heterocycles. The highest BCUT2D eigenvalue weighted by molar-refractivity contribution is 6.07. The summed E-state index contributed by atoms with van der Waals surface area (Å²) in [5.74, 6) is 0. The minimum absolute atomic E-state index is 0.508. The Morgan fingerprint density at radius 2 is 2.17 bits per heavy atom. The van der Waals surface area contributed by atoms with Gasteiger partial charge < -0.3 is 15.6 Å². The zero-order chi connectivity index (χ0) is 16.7. The van der Waals surface area contributed by atoms with E-state index in [-0.39, 0.29) is 0 Å². The molecule has 0 bridgehead atoms. The molecule has 0 aromatic carbocycles. The van der Waals surface area contributed by atoms with Gasteiger partial charge in [0, 0.05) is 48.6 Å². The standard InChI is InChI=1S/C18H25N5/c1-14-10-17(15(2)22-12-14)18(19)11-16(13-21-7-6-20-3)23-8-4-5-9-23/h6-7,10-12,19,21H,3-5,8-9,13H2,1-2H3/b7-6-,16-11+,19-18?. The molecule has 1 saturated heterocycles. The highest BCUT2D eigenvalue weighted by Crippen LogP contribution is 2.16. The molecule has 5 nitrogen and oxygen atoms in total. The molecule has 0 unspecified atom stereocenters. The molecule has 0 spiro atoms. The van der Waals surface area contributed by atoms with Crippen molar-refractivity contribution in [3.63, 3.8) is 0 Å². The average molecular weight is 311 g/mol. The zero-order valence-electron chi connectivity index (χ0n) is 14.0. The Labute approximate surface area is 138 Å². The number of aromatic nitrogens is 1. The number of nitrogens with one attached hydrogen (secondary N) is 2. The van der Waals surface area contributed by atoms with E-state index in [0.29, 0.717) is 12.3 Å². The van der Waals surface area contributed by atoms with Crippen molar-refractivity contribution < 1.29 is 0 Å². The first-order valence-electron chi connectivity index (χ1n) is 7.93. The van der Waals surface area contributed by atoms with Crippen LogP contribution in [0.1, 0.15) is 29.7 Å². The van der Waals surface area contributed by atoms with Crippen molar-refractivity contribution in [2.45, 2.75) is 26.7 Å². The van der Waals surface area contributed by atoms with Gasteiger partial charge in [-0.2, -0.15) is 0 Å². The van der Waals surface area contributed by atoms with E-state index in [1.807, 2.05) is 32.2 Å². The van der Waals surface area contributed by atoms with E-state index in [1.165, 1.54) is 12.8 Å². The van der Waals surface area contributed by atoms with Gasteiger partial charge in [-0.15, -0.1) is 0 Å². The summed E-state index contributed by atoms with van der Waals surface area (Å²) < 4.78 is 0. The van der Waals surface area contributed by atoms with Crippen LogP contribution in [0.2, 0.25) is 0 Å². The Morgan fingerprint density at radius 3 is 2.87 bits per heavy atom. The number of hydrogen-bond donors (Lipinski definition) is 2. The van der Waals surface area contributed by atoms with Gasteiger partial charge >= 0.3 is 0 Å². The van der Waals surface area contributed by atoms with E-state index in [9.17, 15) is 0 Å². The monoisotopic (exact) mass is 311 g/mol. The number of likely N-dealkylation sites (tertiary alicyclic amines) is 1. The van der Waals surface area contributed by atoms with Gasteiger partial charge in [0.2, 0.25) is 0 Å². The van der Waals surface area contributed by atoms with E-state index in [2.05, 4.69) is 26.9 Å². The minimum atomic E-state index is 0.508. The number of hydrogen-bond acceptors (Lipinski definition) is 5. The van der Waals surface area contributed by atoms with Crippen LogP contribution in [0.25, 0.3) is 0 Å². The average Bonchev–Trinajstić information content (AvgIpc) is 3.07. The summed E-state index contributed by atoms with van der Waals surface area (Å²) in [4.78, 5) is 10.4. The molecule has 1 aliphatic rings. The first kappa shape index (κ1) is 16.9. The molecule has 0 radical (unpaired) electrons. The third-order valence-electron chi connectivity index (χ3n) is 3.92. The second-order valence-corrected chi connectivity index (χ2v) is 5.77. The van der Waals surface area contributed by atoms with Gasteiger partial charge in [-0.25, -0.2) is 0 Å². The topological polar surface area (TPSA) is 64.4 Å². The Hall–Kier alpha value is -2.43. The van der Waals surface area contributed by atoms with Gasteiger partial charge in [0.25, 0.3) is 0 Å². The maximum atomic E-state index is 8.46. The molecule has 1 aromatic heterocycles. The lowest BCUT2D eigenvalue weighted by atomic mass is 10.1. The summed E-state index contributed by atoms with van der Waals surface area (Å²) in [6.45, 7) is 10.1. The molecule has 1 fully saturated rings. The smallest absolute Gasteiger partial charge is 0.0648 e. The van der Waals surface area contributed by atoms with Crippen LogP contribution < -0.4 is 5.32 Å². The molecule has 0 saturated carbocycles. The van der Waals surface area contributed by atoms with E-state index < -0.39 is 0 Å². The summed E-state index contributed by atoms with van der Waals surface area (Å²) in [7, 11) is 0. The third kappa shape index (κ3) is 4.77. The number of allylic oxidation sites excluding steroid dienone is 1. The predicted octanol–water partition coefficient (Wildman–Crippen LogP) is 2.81. The fourth-order valence-corrected chi connectivity index (χ4v) is 2.68. The Kier molecular flexibility index (Phi) is 6.09. The number of aryl methyl sites for hydroxylation is 2. The molecular weight excluding hydrogens is 286 g/mol. The highest BCUT2D eigenvalue weighted by atomic mass is 15.2. The van der Waals surface area contributed by atoms with Crippen LogP contribution in [0.3, 0.4) is 0 Å². The fraction of sp³-hybridized carbons (Fsp3) is 0.389. The van der Waals surface area contributed by atoms with Crippen molar-refractivity contribution in [2.24, 2.45) is 4.99 Å². The molecule has 23 heavy (non-hydrogen) atoms. The SMILES string of the molecule is C=N/C=C\NC/C(=C\C(=N)c1cc(C)cnc1C)N1CCCC1. The lowest BCUT2D eigenvalue weighted by Gasteiger charge is -2.22. The normalized spacial score (nSPS) is 15.2. The number of nitrogens with zero attached hydrogens (tertiary/aromatic N) is 3. The molecule has 2 rings (SSSR count). The van der Waals surface area contributed by atoms with Gasteiger partial charge in [-0.05, 0) is 51.1 Å². The van der Waals surface area contributed by atoms with E-state index in [0.717, 1.165) is 35.6 Å². The number of aliphatic imine (C=N–C) groups is 1. The van der Waals surface area contributed by atoms with Gasteiger partial charge in [0.15, 0.2) is 0 Å². The first-order chi connectivity index (χ1) is 11.1. The lowest BCUT2D eigenvalue weighted by Crippen LogP contribution is -2.26. The van der Waals surface area contributed by atoms with Crippen molar-refractivity contribution >= 4 is 12.4 Å². The van der Waals surface area contributed by atoms with Crippen LogP contribution in [-0.2, 0) is 0 Å². The lowest BCUT2D eigenvalue weighted by molar-refractivity contribution is 0.415. The van der Waals surface area contributed by atoms with E-state index in [4.69, 9.17) is 5.41 Å². The summed E-state index contributed by atoms with van der Waals surface area (Å²) >= 11 is 0. The van der Waals surface area contributed by atoms with Crippen LogP contribution in [0.4, 0.5) is 0 Å². The Balaban J connectivity index is 2.20. The molecule has 0 aliphatic carbocycles. The van der Waals surface area contributed by atoms with Gasteiger partial charge in [0.1, 0.15) is 0 Å². The van der Waals surface area contributed by atoms with Gasteiger partial charge in [-0.1, -0.05) is 0 Å². The molecule has 122 valence electrons. The summed E-state index contributed by atoms with van der Waals surface area (Å²) in [6, 6.07) is 2.03. The van der Waals surface area contributed by atoms with Gasteiger partial charge in [0.05, 0.1) is 12.3 Å². The van der Waals surface area contributed by atoms with Crippen molar-refractivity contribution in [3.05, 3.63) is 53.3 Å².